The van der Waals surface area contributed by atoms with Gasteiger partial charge in [0.05, 0.1) is 35.2 Å². The third kappa shape index (κ3) is 3.43. The summed E-state index contributed by atoms with van der Waals surface area (Å²) in [5.41, 5.74) is 0.372. The van der Waals surface area contributed by atoms with E-state index in [1.807, 2.05) is 39.0 Å². The maximum Gasteiger partial charge on any atom is 0.410 e. The van der Waals surface area contributed by atoms with Crippen LogP contribution in [0.1, 0.15) is 45.3 Å². The van der Waals surface area contributed by atoms with Crippen molar-refractivity contribution >= 4 is 17.7 Å². The molecule has 29 heavy (non-hydrogen) atoms. The molecule has 4 heterocycles. The maximum absolute atomic E-state index is 13.3. The van der Waals surface area contributed by atoms with Gasteiger partial charge in [0.1, 0.15) is 11.9 Å². The molecule has 2 aromatic rings. The average molecular weight is 395 g/mol. The van der Waals surface area contributed by atoms with Crippen molar-refractivity contribution in [2.75, 3.05) is 18.0 Å². The van der Waals surface area contributed by atoms with Crippen molar-refractivity contribution in [3.8, 4) is 0 Å². The molecular weight excluding hydrogens is 370 g/mol. The lowest BCUT2D eigenvalue weighted by molar-refractivity contribution is -0.145. The SMILES string of the molecule is CC(C)(C)OC(=O)N1CCC2(CC1)C(=O)N(c1cncnc1)C2c1ccccn1. The van der Waals surface area contributed by atoms with Gasteiger partial charge in [-0.1, -0.05) is 6.07 Å². The highest BCUT2D eigenvalue weighted by atomic mass is 16.6. The van der Waals surface area contributed by atoms with Crippen molar-refractivity contribution in [1.82, 2.24) is 19.9 Å². The van der Waals surface area contributed by atoms with Gasteiger partial charge in [0.15, 0.2) is 0 Å². The van der Waals surface area contributed by atoms with Crippen molar-refractivity contribution in [2.24, 2.45) is 5.41 Å². The zero-order chi connectivity index (χ0) is 20.6. The van der Waals surface area contributed by atoms with Gasteiger partial charge in [0, 0.05) is 19.3 Å². The first-order chi connectivity index (χ1) is 13.8. The number of ether oxygens (including phenoxy) is 1. The summed E-state index contributed by atoms with van der Waals surface area (Å²) in [7, 11) is 0. The molecule has 0 aromatic carbocycles. The molecule has 2 fully saturated rings. The van der Waals surface area contributed by atoms with Gasteiger partial charge in [-0.3, -0.25) is 14.7 Å². The minimum atomic E-state index is -0.581. The van der Waals surface area contributed by atoms with E-state index in [2.05, 4.69) is 15.0 Å². The predicted octanol–water partition coefficient (Wildman–Crippen LogP) is 2.98. The molecule has 1 unspecified atom stereocenters. The normalized spacial score (nSPS) is 21.1. The Morgan fingerprint density at radius 3 is 2.45 bits per heavy atom. The highest BCUT2D eigenvalue weighted by molar-refractivity contribution is 6.06. The number of hydrogen-bond donors (Lipinski definition) is 0. The van der Waals surface area contributed by atoms with Crippen LogP contribution < -0.4 is 4.90 Å². The first-order valence-corrected chi connectivity index (χ1v) is 9.79. The van der Waals surface area contributed by atoms with E-state index >= 15 is 0 Å². The van der Waals surface area contributed by atoms with Crippen LogP contribution in [-0.2, 0) is 9.53 Å². The number of nitrogens with zero attached hydrogens (tertiary/aromatic N) is 5. The number of amides is 2. The Hall–Kier alpha value is -3.03. The van der Waals surface area contributed by atoms with Crippen LogP contribution in [-0.4, -0.2) is 50.5 Å². The van der Waals surface area contributed by atoms with Crippen molar-refractivity contribution in [1.29, 1.82) is 0 Å². The fourth-order valence-electron chi connectivity index (χ4n) is 4.19. The Morgan fingerprint density at radius 1 is 1.17 bits per heavy atom. The minimum Gasteiger partial charge on any atom is -0.444 e. The molecule has 0 aliphatic carbocycles. The first-order valence-electron chi connectivity index (χ1n) is 9.79. The van der Waals surface area contributed by atoms with Crippen LogP contribution in [0.2, 0.25) is 0 Å². The van der Waals surface area contributed by atoms with Crippen LogP contribution >= 0.6 is 0 Å². The van der Waals surface area contributed by atoms with Crippen LogP contribution in [0, 0.1) is 5.41 Å². The van der Waals surface area contributed by atoms with Crippen molar-refractivity contribution in [3.05, 3.63) is 48.8 Å². The highest BCUT2D eigenvalue weighted by Crippen LogP contribution is 2.56. The zero-order valence-electron chi connectivity index (χ0n) is 16.9. The monoisotopic (exact) mass is 395 g/mol. The second kappa shape index (κ2) is 7.09. The molecule has 8 nitrogen and oxygen atoms in total. The van der Waals surface area contributed by atoms with Crippen LogP contribution in [0.15, 0.2) is 43.1 Å². The number of β-lactam (4-membered cyclic amide) rings is 1. The largest absolute Gasteiger partial charge is 0.444 e. The van der Waals surface area contributed by atoms with E-state index in [9.17, 15) is 9.59 Å². The second-order valence-electron chi connectivity index (χ2n) is 8.55. The van der Waals surface area contributed by atoms with E-state index in [-0.39, 0.29) is 18.0 Å². The molecule has 8 heteroatoms. The molecule has 1 atom stereocenters. The molecule has 2 aliphatic rings. The summed E-state index contributed by atoms with van der Waals surface area (Å²) in [6.07, 6.45) is 7.27. The van der Waals surface area contributed by atoms with Gasteiger partial charge < -0.3 is 9.64 Å². The van der Waals surface area contributed by atoms with E-state index < -0.39 is 11.0 Å². The van der Waals surface area contributed by atoms with Crippen LogP contribution in [0.3, 0.4) is 0 Å². The predicted molar refractivity (Wildman–Crippen MR) is 106 cm³/mol. The number of likely N-dealkylation sites (tertiary alicyclic amines) is 1. The van der Waals surface area contributed by atoms with E-state index in [1.54, 1.807) is 28.4 Å². The molecule has 0 saturated carbocycles. The Kier molecular flexibility index (Phi) is 4.72. The quantitative estimate of drug-likeness (QED) is 0.727. The van der Waals surface area contributed by atoms with Crippen molar-refractivity contribution in [3.63, 3.8) is 0 Å². The van der Waals surface area contributed by atoms with E-state index in [0.717, 1.165) is 5.69 Å². The molecule has 2 aromatic heterocycles. The van der Waals surface area contributed by atoms with E-state index in [0.29, 0.717) is 31.6 Å². The first kappa shape index (κ1) is 19.3. The number of aromatic nitrogens is 3. The lowest BCUT2D eigenvalue weighted by atomic mass is 9.63. The van der Waals surface area contributed by atoms with Gasteiger partial charge in [-0.15, -0.1) is 0 Å². The van der Waals surface area contributed by atoms with Gasteiger partial charge >= 0.3 is 6.09 Å². The molecule has 2 amide bonds. The number of anilines is 1. The lowest BCUT2D eigenvalue weighted by Crippen LogP contribution is -2.67. The Balaban J connectivity index is 1.58. The van der Waals surface area contributed by atoms with Crippen molar-refractivity contribution in [2.45, 2.75) is 45.3 Å². The molecule has 152 valence electrons. The number of rotatable bonds is 2. The lowest BCUT2D eigenvalue weighted by Gasteiger charge is -2.58. The Labute approximate surface area is 169 Å². The molecule has 1 spiro atoms. The summed E-state index contributed by atoms with van der Waals surface area (Å²) >= 11 is 0. The molecule has 0 radical (unpaired) electrons. The Bertz CT molecular complexity index is 890. The zero-order valence-corrected chi connectivity index (χ0v) is 16.9. The van der Waals surface area contributed by atoms with Crippen LogP contribution in [0.4, 0.5) is 10.5 Å². The summed E-state index contributed by atoms with van der Waals surface area (Å²) in [6.45, 7) is 6.50. The van der Waals surface area contributed by atoms with Gasteiger partial charge in [0.25, 0.3) is 0 Å². The van der Waals surface area contributed by atoms with Crippen LogP contribution in [0.25, 0.3) is 0 Å². The molecule has 2 saturated heterocycles. The standard InChI is InChI=1S/C21H25N5O3/c1-20(2,3)29-19(28)25-10-7-21(8-11-25)17(16-6-4-5-9-24-16)26(18(21)27)15-12-22-14-23-13-15/h4-6,9,12-14,17H,7-8,10-11H2,1-3H3. The highest BCUT2D eigenvalue weighted by Gasteiger charge is 2.63. The average Bonchev–Trinajstić information content (AvgIpc) is 2.71. The van der Waals surface area contributed by atoms with Gasteiger partial charge in [-0.2, -0.15) is 0 Å². The van der Waals surface area contributed by atoms with Gasteiger partial charge in [-0.25, -0.2) is 14.8 Å². The summed E-state index contributed by atoms with van der Waals surface area (Å²) in [5, 5.41) is 0. The smallest absolute Gasteiger partial charge is 0.410 e. The summed E-state index contributed by atoms with van der Waals surface area (Å²) in [6, 6.07) is 5.52. The van der Waals surface area contributed by atoms with Crippen molar-refractivity contribution < 1.29 is 14.3 Å². The van der Waals surface area contributed by atoms with Gasteiger partial charge in [-0.05, 0) is 45.7 Å². The van der Waals surface area contributed by atoms with Crippen LogP contribution in [0.5, 0.6) is 0 Å². The topological polar surface area (TPSA) is 88.5 Å². The molecule has 0 bridgehead atoms. The molecule has 2 aliphatic heterocycles. The second-order valence-corrected chi connectivity index (χ2v) is 8.55. The third-order valence-electron chi connectivity index (χ3n) is 5.53. The number of piperidine rings is 1. The summed E-state index contributed by atoms with van der Waals surface area (Å²) in [4.78, 5) is 41.8. The van der Waals surface area contributed by atoms with Gasteiger partial charge in [0.2, 0.25) is 5.91 Å². The van der Waals surface area contributed by atoms with E-state index in [1.165, 1.54) is 6.33 Å². The Morgan fingerprint density at radius 2 is 1.86 bits per heavy atom. The fraction of sp³-hybridized carbons (Fsp3) is 0.476. The number of pyridine rings is 1. The fourth-order valence-corrected chi connectivity index (χ4v) is 4.19. The maximum atomic E-state index is 13.3. The molecule has 0 N–H and O–H groups in total. The van der Waals surface area contributed by atoms with E-state index in [4.69, 9.17) is 4.74 Å². The third-order valence-corrected chi connectivity index (χ3v) is 5.53. The summed E-state index contributed by atoms with van der Waals surface area (Å²) in [5.74, 6) is 0.0341. The number of carbonyl (C=O) groups is 2. The minimum absolute atomic E-state index is 0.0341. The summed E-state index contributed by atoms with van der Waals surface area (Å²) < 4.78 is 5.49. The number of hydrogen-bond acceptors (Lipinski definition) is 6. The molecular formula is C21H25N5O3. The number of carbonyl (C=O) groups excluding carboxylic acids is 2. The molecule has 4 rings (SSSR count).